The standard InChI is InChI=1S/C15H22N2O3/c1-12-7-4-5-8-13(12)16-14(18)11-17(2)10-6-9-15(19)20-3/h4-5,7-8H,6,9-11H2,1-3H3,(H,16,18). The molecule has 0 aromatic heterocycles. The van der Waals surface area contributed by atoms with Gasteiger partial charge >= 0.3 is 5.97 Å². The molecule has 0 saturated carbocycles. The first-order chi connectivity index (χ1) is 9.52. The molecule has 0 spiro atoms. The van der Waals surface area contributed by atoms with Gasteiger partial charge in [0.15, 0.2) is 0 Å². The average molecular weight is 278 g/mol. The summed E-state index contributed by atoms with van der Waals surface area (Å²) in [4.78, 5) is 24.7. The highest BCUT2D eigenvalue weighted by Crippen LogP contribution is 2.12. The predicted octanol–water partition coefficient (Wildman–Crippen LogP) is 1.82. The zero-order valence-electron chi connectivity index (χ0n) is 12.3. The molecule has 0 bridgehead atoms. The molecule has 0 radical (unpaired) electrons. The molecule has 110 valence electrons. The summed E-state index contributed by atoms with van der Waals surface area (Å²) < 4.78 is 4.57. The maximum atomic E-state index is 11.9. The molecule has 1 aromatic rings. The van der Waals surface area contributed by atoms with E-state index in [1.54, 1.807) is 0 Å². The van der Waals surface area contributed by atoms with Crippen LogP contribution in [0.3, 0.4) is 0 Å². The SMILES string of the molecule is COC(=O)CCCN(C)CC(=O)Nc1ccccc1C. The van der Waals surface area contributed by atoms with Gasteiger partial charge in [0.25, 0.3) is 0 Å². The fraction of sp³-hybridized carbons (Fsp3) is 0.467. The van der Waals surface area contributed by atoms with E-state index in [0.29, 0.717) is 25.9 Å². The summed E-state index contributed by atoms with van der Waals surface area (Å²) in [6, 6.07) is 7.66. The van der Waals surface area contributed by atoms with Gasteiger partial charge in [-0.2, -0.15) is 0 Å². The van der Waals surface area contributed by atoms with Gasteiger partial charge in [-0.3, -0.25) is 14.5 Å². The Labute approximate surface area is 119 Å². The molecule has 20 heavy (non-hydrogen) atoms. The fourth-order valence-corrected chi connectivity index (χ4v) is 1.82. The van der Waals surface area contributed by atoms with Crippen molar-refractivity contribution in [3.05, 3.63) is 29.8 Å². The van der Waals surface area contributed by atoms with Crippen LogP contribution in [0.4, 0.5) is 5.69 Å². The van der Waals surface area contributed by atoms with Crippen LogP contribution in [0.25, 0.3) is 0 Å². The Hall–Kier alpha value is -1.88. The number of aryl methyl sites for hydroxylation is 1. The highest BCUT2D eigenvalue weighted by atomic mass is 16.5. The van der Waals surface area contributed by atoms with Crippen LogP contribution in [0.2, 0.25) is 0 Å². The van der Waals surface area contributed by atoms with Gasteiger partial charge in [-0.25, -0.2) is 0 Å². The number of nitrogens with zero attached hydrogens (tertiary/aromatic N) is 1. The van der Waals surface area contributed by atoms with Gasteiger partial charge in [0.05, 0.1) is 13.7 Å². The smallest absolute Gasteiger partial charge is 0.305 e. The van der Waals surface area contributed by atoms with Crippen LogP contribution in [0.15, 0.2) is 24.3 Å². The number of carbonyl (C=O) groups excluding carboxylic acids is 2. The monoisotopic (exact) mass is 278 g/mol. The Kier molecular flexibility index (Phi) is 6.73. The van der Waals surface area contributed by atoms with Gasteiger partial charge in [0, 0.05) is 12.1 Å². The third-order valence-electron chi connectivity index (χ3n) is 2.98. The summed E-state index contributed by atoms with van der Waals surface area (Å²) in [5.41, 5.74) is 1.87. The Bertz CT molecular complexity index is 460. The second-order valence-electron chi connectivity index (χ2n) is 4.78. The van der Waals surface area contributed by atoms with Crippen LogP contribution in [0.5, 0.6) is 0 Å². The van der Waals surface area contributed by atoms with Crippen molar-refractivity contribution in [3.8, 4) is 0 Å². The van der Waals surface area contributed by atoms with E-state index < -0.39 is 0 Å². The number of benzene rings is 1. The predicted molar refractivity (Wildman–Crippen MR) is 78.6 cm³/mol. The van der Waals surface area contributed by atoms with Crippen molar-refractivity contribution in [3.63, 3.8) is 0 Å². The zero-order valence-corrected chi connectivity index (χ0v) is 12.3. The molecular formula is C15H22N2O3. The highest BCUT2D eigenvalue weighted by molar-refractivity contribution is 5.92. The van der Waals surface area contributed by atoms with Crippen molar-refractivity contribution >= 4 is 17.6 Å². The van der Waals surface area contributed by atoms with Crippen molar-refractivity contribution in [1.82, 2.24) is 4.90 Å². The second kappa shape index (κ2) is 8.32. The van der Waals surface area contributed by atoms with E-state index in [1.165, 1.54) is 7.11 Å². The van der Waals surface area contributed by atoms with Gasteiger partial charge in [0.1, 0.15) is 0 Å². The molecule has 1 rings (SSSR count). The molecule has 1 amide bonds. The molecule has 0 saturated heterocycles. The third kappa shape index (κ3) is 5.84. The molecule has 0 unspecified atom stereocenters. The third-order valence-corrected chi connectivity index (χ3v) is 2.98. The quantitative estimate of drug-likeness (QED) is 0.773. The maximum Gasteiger partial charge on any atom is 0.305 e. The summed E-state index contributed by atoms with van der Waals surface area (Å²) in [6.45, 7) is 2.93. The minimum absolute atomic E-state index is 0.0557. The molecule has 0 aliphatic carbocycles. The lowest BCUT2D eigenvalue weighted by Crippen LogP contribution is -2.31. The second-order valence-corrected chi connectivity index (χ2v) is 4.78. The summed E-state index contributed by atoms with van der Waals surface area (Å²) in [6.07, 6.45) is 1.06. The van der Waals surface area contributed by atoms with Crippen LogP contribution in [-0.2, 0) is 14.3 Å². The Morgan fingerprint density at radius 3 is 2.65 bits per heavy atom. The minimum atomic E-state index is -0.220. The normalized spacial score (nSPS) is 10.4. The number of amides is 1. The lowest BCUT2D eigenvalue weighted by molar-refractivity contribution is -0.140. The van der Waals surface area contributed by atoms with E-state index in [4.69, 9.17) is 0 Å². The minimum Gasteiger partial charge on any atom is -0.469 e. The topological polar surface area (TPSA) is 58.6 Å². The first kappa shape index (κ1) is 16.2. The number of hydrogen-bond donors (Lipinski definition) is 1. The molecule has 1 N–H and O–H groups in total. The summed E-state index contributed by atoms with van der Waals surface area (Å²) in [5.74, 6) is -0.275. The Balaban J connectivity index is 2.31. The van der Waals surface area contributed by atoms with Gasteiger partial charge in [0.2, 0.25) is 5.91 Å². The average Bonchev–Trinajstić information content (AvgIpc) is 2.41. The van der Waals surface area contributed by atoms with E-state index >= 15 is 0 Å². The number of anilines is 1. The lowest BCUT2D eigenvalue weighted by Gasteiger charge is -2.16. The van der Waals surface area contributed by atoms with Gasteiger partial charge in [-0.1, -0.05) is 18.2 Å². The fourth-order valence-electron chi connectivity index (χ4n) is 1.82. The van der Waals surface area contributed by atoms with E-state index in [9.17, 15) is 9.59 Å². The number of ether oxygens (including phenoxy) is 1. The molecule has 0 atom stereocenters. The summed E-state index contributed by atoms with van der Waals surface area (Å²) in [7, 11) is 3.23. The van der Waals surface area contributed by atoms with Crippen molar-refractivity contribution in [1.29, 1.82) is 0 Å². The zero-order chi connectivity index (χ0) is 15.0. The van der Waals surface area contributed by atoms with Crippen LogP contribution in [0, 0.1) is 6.92 Å². The van der Waals surface area contributed by atoms with Gasteiger partial charge < -0.3 is 10.1 Å². The number of para-hydroxylation sites is 1. The number of rotatable bonds is 7. The Morgan fingerprint density at radius 2 is 2.00 bits per heavy atom. The first-order valence-corrected chi connectivity index (χ1v) is 6.63. The van der Waals surface area contributed by atoms with E-state index in [0.717, 1.165) is 11.3 Å². The van der Waals surface area contributed by atoms with Crippen molar-refractivity contribution in [2.45, 2.75) is 19.8 Å². The van der Waals surface area contributed by atoms with E-state index in [1.807, 2.05) is 43.1 Å². The molecule has 5 heteroatoms. The molecule has 0 aliphatic heterocycles. The van der Waals surface area contributed by atoms with Crippen molar-refractivity contribution in [2.75, 3.05) is 32.6 Å². The number of carbonyl (C=O) groups is 2. The molecule has 0 fully saturated rings. The van der Waals surface area contributed by atoms with E-state index in [-0.39, 0.29) is 11.9 Å². The summed E-state index contributed by atoms with van der Waals surface area (Å²) >= 11 is 0. The van der Waals surface area contributed by atoms with Crippen LogP contribution < -0.4 is 5.32 Å². The molecule has 1 aromatic carbocycles. The lowest BCUT2D eigenvalue weighted by atomic mass is 10.2. The van der Waals surface area contributed by atoms with Gasteiger partial charge in [-0.05, 0) is 38.6 Å². The van der Waals surface area contributed by atoms with E-state index in [2.05, 4.69) is 10.1 Å². The number of hydrogen-bond acceptors (Lipinski definition) is 4. The number of esters is 1. The first-order valence-electron chi connectivity index (χ1n) is 6.63. The number of likely N-dealkylation sites (N-methyl/N-ethyl adjacent to an activating group) is 1. The van der Waals surface area contributed by atoms with Gasteiger partial charge in [-0.15, -0.1) is 0 Å². The molecular weight excluding hydrogens is 256 g/mol. The van der Waals surface area contributed by atoms with Crippen molar-refractivity contribution < 1.29 is 14.3 Å². The highest BCUT2D eigenvalue weighted by Gasteiger charge is 2.08. The van der Waals surface area contributed by atoms with Crippen molar-refractivity contribution in [2.24, 2.45) is 0 Å². The summed E-state index contributed by atoms with van der Waals surface area (Å²) in [5, 5.41) is 2.88. The Morgan fingerprint density at radius 1 is 1.30 bits per heavy atom. The molecule has 0 heterocycles. The maximum absolute atomic E-state index is 11.9. The number of nitrogens with one attached hydrogen (secondary N) is 1. The number of methoxy groups -OCH3 is 1. The van der Waals surface area contributed by atoms with Crippen LogP contribution in [-0.4, -0.2) is 44.0 Å². The largest absolute Gasteiger partial charge is 0.469 e. The molecule has 0 aliphatic rings. The van der Waals surface area contributed by atoms with Crippen LogP contribution >= 0.6 is 0 Å². The molecule has 5 nitrogen and oxygen atoms in total. The van der Waals surface area contributed by atoms with Crippen LogP contribution in [0.1, 0.15) is 18.4 Å².